The highest BCUT2D eigenvalue weighted by Gasteiger charge is 2.31. The molecule has 1 amide bonds. The monoisotopic (exact) mass is 562 g/mol. The molecule has 0 saturated heterocycles. The molecule has 13 heteroatoms. The normalized spacial score (nSPS) is 15.4. The Kier molecular flexibility index (Phi) is 10.3. The van der Waals surface area contributed by atoms with Crippen LogP contribution in [0.15, 0.2) is 51.8 Å². The number of fused-ring (bicyclic) bond motifs is 3. The summed E-state index contributed by atoms with van der Waals surface area (Å²) in [5.74, 6) is -0.701. The first-order chi connectivity index (χ1) is 18.5. The topological polar surface area (TPSA) is 137 Å². The number of sulfonamides is 1. The summed E-state index contributed by atoms with van der Waals surface area (Å²) in [5, 5.41) is 2.88. The fourth-order valence-electron chi connectivity index (χ4n) is 3.74. The number of amides is 1. The minimum Gasteiger partial charge on any atom is -0.382 e. The molecular formula is C25H30N4O7S2. The van der Waals surface area contributed by atoms with E-state index in [2.05, 4.69) is 20.0 Å². The van der Waals surface area contributed by atoms with E-state index in [0.29, 0.717) is 45.3 Å². The Morgan fingerprint density at radius 3 is 2.39 bits per heavy atom. The van der Waals surface area contributed by atoms with Crippen molar-refractivity contribution in [2.75, 3.05) is 65.2 Å². The Balaban J connectivity index is 1.21. The third-order valence-electron chi connectivity index (χ3n) is 5.62. The quantitative estimate of drug-likeness (QED) is 0.201. The molecule has 204 valence electrons. The molecule has 0 saturated carbocycles. The maximum absolute atomic E-state index is 12.6. The average molecular weight is 563 g/mol. The summed E-state index contributed by atoms with van der Waals surface area (Å²) in [4.78, 5) is 21.4. The molecule has 1 atom stereocenters. The zero-order valence-corrected chi connectivity index (χ0v) is 22.6. The standard InChI is InChI=1S/C25H30N4O7S2/c1-33-10-11-35-14-15-36-13-12-34-9-8-28-38(31,32)19-4-2-18(3-5-19)26-16-20-23-21(29-25(20)30)6-7-22-24(23)37-17-27-22/h2-7,16-17,20,28H,8-15H2,1H3,(H,29,30). The summed E-state index contributed by atoms with van der Waals surface area (Å²) in [5.41, 5.74) is 4.75. The lowest BCUT2D eigenvalue weighted by Gasteiger charge is -2.09. The number of nitrogens with zero attached hydrogens (tertiary/aromatic N) is 2. The van der Waals surface area contributed by atoms with Gasteiger partial charge in [-0.05, 0) is 36.4 Å². The molecule has 2 heterocycles. The van der Waals surface area contributed by atoms with Crippen LogP contribution < -0.4 is 10.0 Å². The van der Waals surface area contributed by atoms with Crippen molar-refractivity contribution in [1.29, 1.82) is 0 Å². The number of benzene rings is 2. The number of nitrogens with one attached hydrogen (secondary N) is 2. The predicted octanol–water partition coefficient (Wildman–Crippen LogP) is 2.71. The van der Waals surface area contributed by atoms with Gasteiger partial charge in [-0.15, -0.1) is 11.3 Å². The molecule has 38 heavy (non-hydrogen) atoms. The number of aromatic nitrogens is 1. The van der Waals surface area contributed by atoms with Gasteiger partial charge in [0.25, 0.3) is 0 Å². The fourth-order valence-corrected chi connectivity index (χ4v) is 5.63. The largest absolute Gasteiger partial charge is 0.382 e. The maximum Gasteiger partial charge on any atom is 0.240 e. The first kappa shape index (κ1) is 28.2. The first-order valence-electron chi connectivity index (χ1n) is 12.0. The van der Waals surface area contributed by atoms with Gasteiger partial charge >= 0.3 is 0 Å². The molecule has 1 aliphatic heterocycles. The van der Waals surface area contributed by atoms with Crippen LogP contribution in [0.25, 0.3) is 10.2 Å². The van der Waals surface area contributed by atoms with Crippen LogP contribution in [0.2, 0.25) is 0 Å². The molecule has 0 fully saturated rings. The number of carbonyl (C=O) groups excluding carboxylic acids is 1. The van der Waals surface area contributed by atoms with Crippen molar-refractivity contribution in [3.63, 3.8) is 0 Å². The van der Waals surface area contributed by atoms with Gasteiger partial charge in [-0.3, -0.25) is 9.79 Å². The third kappa shape index (κ3) is 7.41. The number of carbonyl (C=O) groups is 1. The van der Waals surface area contributed by atoms with Crippen molar-refractivity contribution in [1.82, 2.24) is 9.71 Å². The number of hydrogen-bond donors (Lipinski definition) is 2. The van der Waals surface area contributed by atoms with E-state index in [4.69, 9.17) is 18.9 Å². The van der Waals surface area contributed by atoms with E-state index in [1.54, 1.807) is 31.0 Å². The number of hydrogen-bond acceptors (Lipinski definition) is 10. The summed E-state index contributed by atoms with van der Waals surface area (Å²) in [7, 11) is -2.08. The highest BCUT2D eigenvalue weighted by molar-refractivity contribution is 7.89. The highest BCUT2D eigenvalue weighted by atomic mass is 32.2. The minimum atomic E-state index is -3.70. The van der Waals surface area contributed by atoms with Gasteiger partial charge < -0.3 is 24.3 Å². The molecule has 2 N–H and O–H groups in total. The van der Waals surface area contributed by atoms with Crippen molar-refractivity contribution in [3.05, 3.63) is 47.5 Å². The van der Waals surface area contributed by atoms with E-state index >= 15 is 0 Å². The first-order valence-corrected chi connectivity index (χ1v) is 14.4. The van der Waals surface area contributed by atoms with E-state index in [1.165, 1.54) is 23.5 Å². The Morgan fingerprint density at radius 1 is 1.00 bits per heavy atom. The zero-order valence-electron chi connectivity index (χ0n) is 20.9. The summed E-state index contributed by atoms with van der Waals surface area (Å²) in [6.45, 7) is 3.10. The molecule has 0 aliphatic carbocycles. The number of anilines is 1. The van der Waals surface area contributed by atoms with Crippen LogP contribution in [-0.4, -0.2) is 85.4 Å². The molecule has 11 nitrogen and oxygen atoms in total. The van der Waals surface area contributed by atoms with E-state index in [0.717, 1.165) is 21.5 Å². The number of rotatable bonds is 16. The lowest BCUT2D eigenvalue weighted by Crippen LogP contribution is -2.27. The van der Waals surface area contributed by atoms with Gasteiger partial charge in [0.2, 0.25) is 15.9 Å². The molecule has 0 spiro atoms. The van der Waals surface area contributed by atoms with Crippen LogP contribution in [0, 0.1) is 0 Å². The van der Waals surface area contributed by atoms with Crippen LogP contribution >= 0.6 is 11.3 Å². The zero-order chi connectivity index (χ0) is 26.8. The van der Waals surface area contributed by atoms with Crippen molar-refractivity contribution in [2.24, 2.45) is 4.99 Å². The van der Waals surface area contributed by atoms with Gasteiger partial charge in [0.1, 0.15) is 5.92 Å². The van der Waals surface area contributed by atoms with E-state index in [9.17, 15) is 13.2 Å². The molecule has 4 rings (SSSR count). The van der Waals surface area contributed by atoms with Gasteiger partial charge in [0.15, 0.2) is 0 Å². The van der Waals surface area contributed by atoms with Crippen molar-refractivity contribution >= 4 is 55.1 Å². The highest BCUT2D eigenvalue weighted by Crippen LogP contribution is 2.39. The van der Waals surface area contributed by atoms with Crippen molar-refractivity contribution in [3.8, 4) is 0 Å². The Morgan fingerprint density at radius 2 is 1.68 bits per heavy atom. The van der Waals surface area contributed by atoms with Crippen LogP contribution in [0.4, 0.5) is 11.4 Å². The SMILES string of the molecule is COCCOCCOCCOCCNS(=O)(=O)c1ccc(N=CC2C(=O)Nc3ccc4ncsc4c32)cc1. The fraction of sp³-hybridized carbons (Fsp3) is 0.400. The average Bonchev–Trinajstić information content (AvgIpc) is 3.51. The third-order valence-corrected chi connectivity index (χ3v) is 7.98. The molecule has 0 radical (unpaired) electrons. The molecule has 0 bridgehead atoms. The lowest BCUT2D eigenvalue weighted by molar-refractivity contribution is -0.115. The van der Waals surface area contributed by atoms with Crippen LogP contribution in [0.5, 0.6) is 0 Å². The second-order valence-electron chi connectivity index (χ2n) is 8.19. The Labute approximate surface area is 225 Å². The number of thiazole rings is 1. The van der Waals surface area contributed by atoms with Crippen molar-refractivity contribution in [2.45, 2.75) is 10.8 Å². The molecule has 2 aromatic carbocycles. The summed E-state index contributed by atoms with van der Waals surface area (Å²) < 4.78 is 49.5. The summed E-state index contributed by atoms with van der Waals surface area (Å²) in [6.07, 6.45) is 1.58. The molecule has 3 aromatic rings. The van der Waals surface area contributed by atoms with Gasteiger partial charge in [0, 0.05) is 31.1 Å². The van der Waals surface area contributed by atoms with Crippen LogP contribution in [-0.2, 0) is 33.8 Å². The maximum atomic E-state index is 12.6. The van der Waals surface area contributed by atoms with Crippen LogP contribution in [0.1, 0.15) is 11.5 Å². The number of methoxy groups -OCH3 is 1. The Bertz CT molecular complexity index is 1340. The van der Waals surface area contributed by atoms with E-state index in [-0.39, 0.29) is 24.0 Å². The minimum absolute atomic E-state index is 0.114. The van der Waals surface area contributed by atoms with Gasteiger partial charge in [-0.1, -0.05) is 0 Å². The van der Waals surface area contributed by atoms with Gasteiger partial charge in [-0.25, -0.2) is 18.1 Å². The molecular weight excluding hydrogens is 532 g/mol. The lowest BCUT2D eigenvalue weighted by atomic mass is 10.0. The summed E-state index contributed by atoms with van der Waals surface area (Å²) in [6, 6.07) is 9.86. The number of aliphatic imine (C=N–C) groups is 1. The predicted molar refractivity (Wildman–Crippen MR) is 145 cm³/mol. The number of ether oxygens (including phenoxy) is 4. The second kappa shape index (κ2) is 13.8. The smallest absolute Gasteiger partial charge is 0.240 e. The van der Waals surface area contributed by atoms with Gasteiger partial charge in [0.05, 0.1) is 72.6 Å². The van der Waals surface area contributed by atoms with Crippen molar-refractivity contribution < 1.29 is 32.2 Å². The van der Waals surface area contributed by atoms with Crippen LogP contribution in [0.3, 0.4) is 0 Å². The molecule has 1 aliphatic rings. The van der Waals surface area contributed by atoms with Gasteiger partial charge in [-0.2, -0.15) is 0 Å². The van der Waals surface area contributed by atoms with E-state index < -0.39 is 15.9 Å². The molecule has 1 aromatic heterocycles. The molecule has 1 unspecified atom stereocenters. The second-order valence-corrected chi connectivity index (χ2v) is 10.8. The van der Waals surface area contributed by atoms with E-state index in [1.807, 2.05) is 12.1 Å². The summed E-state index contributed by atoms with van der Waals surface area (Å²) >= 11 is 1.48. The Hall–Kier alpha value is -2.78.